The number of carbonyl (C=O) groups excluding carboxylic acids is 5. The summed E-state index contributed by atoms with van der Waals surface area (Å²) < 4.78 is 177. The van der Waals surface area contributed by atoms with Gasteiger partial charge in [-0.05, 0) is 93.9 Å². The van der Waals surface area contributed by atoms with Crippen LogP contribution >= 0.6 is 11.5 Å². The molecule has 4 aromatic heterocycles. The number of urea groups is 4. The molecule has 760 valence electrons. The van der Waals surface area contributed by atoms with Crippen molar-refractivity contribution < 1.29 is 91.2 Å². The van der Waals surface area contributed by atoms with Gasteiger partial charge >= 0.3 is 30.3 Å². The number of nitrogens with zero attached hydrogens (tertiary/aromatic N) is 10. The fraction of sp³-hybridized carbons (Fsp3) is 0.317. The van der Waals surface area contributed by atoms with Gasteiger partial charge in [-0.3, -0.25) is 38.8 Å². The zero-order valence-corrected chi connectivity index (χ0v) is 79.8. The van der Waals surface area contributed by atoms with Crippen LogP contribution in [0.2, 0.25) is 0 Å². The number of nitrogens with one attached hydrogen (secondary N) is 8. The molecule has 0 aliphatic carbocycles. The van der Waals surface area contributed by atoms with Gasteiger partial charge in [0.1, 0.15) is 28.5 Å². The number of rotatable bonds is 30. The van der Waals surface area contributed by atoms with Crippen LogP contribution in [-0.4, -0.2) is 242 Å². The van der Waals surface area contributed by atoms with Gasteiger partial charge in [-0.25, -0.2) is 63.7 Å². The van der Waals surface area contributed by atoms with Crippen LogP contribution in [0.25, 0.3) is 44.9 Å². The molecule has 8 aromatic carbocycles. The number of anilines is 4. The number of carbonyl (C=O) groups is 5. The fourth-order valence-electron chi connectivity index (χ4n) is 17.5. The second-order valence-corrected chi connectivity index (χ2v) is 35.2. The van der Waals surface area contributed by atoms with Gasteiger partial charge in [0.2, 0.25) is 0 Å². The highest BCUT2D eigenvalue weighted by Gasteiger charge is 2.41. The third-order valence-corrected chi connectivity index (χ3v) is 25.4. The Labute approximate surface area is 824 Å². The molecule has 9 amide bonds. The first kappa shape index (κ1) is 107. The predicted octanol–water partition coefficient (Wildman–Crippen LogP) is 13.9. The Morgan fingerprint density at radius 3 is 1.04 bits per heavy atom. The maximum Gasteiger partial charge on any atom is 0.408 e. The number of amides is 9. The number of nitrogens with two attached hydrogens (primary N) is 1. The lowest BCUT2D eigenvalue weighted by molar-refractivity contribution is -0.143. The summed E-state index contributed by atoms with van der Waals surface area (Å²) >= 11 is 0.907. The Morgan fingerprint density at radius 2 is 0.708 bits per heavy atom. The number of aryl methyl sites for hydroxylation is 2. The number of benzene rings is 8. The van der Waals surface area contributed by atoms with Crippen molar-refractivity contribution in [3.8, 4) is 44.9 Å². The van der Waals surface area contributed by atoms with E-state index in [9.17, 15) is 86.7 Å². The summed E-state index contributed by atoms with van der Waals surface area (Å²) in [6, 6.07) is 50.4. The highest BCUT2D eigenvalue weighted by molar-refractivity contribution is 7.09. The number of likely N-dealkylation sites (tertiary alicyclic amines) is 4. The Morgan fingerprint density at radius 1 is 0.389 bits per heavy atom. The largest absolute Gasteiger partial charge is 0.408 e. The van der Waals surface area contributed by atoms with Crippen molar-refractivity contribution in [2.24, 2.45) is 19.8 Å². The first-order valence-electron chi connectivity index (χ1n) is 45.6. The molecule has 8 heterocycles. The molecule has 4 saturated heterocycles. The monoisotopic (exact) mass is 2020 g/mol. The van der Waals surface area contributed by atoms with Crippen molar-refractivity contribution in [1.82, 2.24) is 69.4 Å². The molecule has 144 heavy (non-hydrogen) atoms. The summed E-state index contributed by atoms with van der Waals surface area (Å²) in [6.07, 6.45) is -3.08. The van der Waals surface area contributed by atoms with Crippen LogP contribution in [-0.2, 0) is 39.6 Å². The van der Waals surface area contributed by atoms with E-state index in [1.54, 1.807) is 84.1 Å². The molecule has 0 unspecified atom stereocenters. The van der Waals surface area contributed by atoms with E-state index in [-0.39, 0.29) is 73.3 Å². The van der Waals surface area contributed by atoms with Gasteiger partial charge in [-0.2, -0.15) is 27.7 Å². The lowest BCUT2D eigenvalue weighted by Crippen LogP contribution is -2.42. The van der Waals surface area contributed by atoms with Crippen LogP contribution in [0.4, 0.5) is 90.2 Å². The summed E-state index contributed by atoms with van der Waals surface area (Å²) in [7, 11) is 9.56. The van der Waals surface area contributed by atoms with Gasteiger partial charge in [-0.1, -0.05) is 146 Å². The van der Waals surface area contributed by atoms with E-state index in [0.717, 1.165) is 65.1 Å². The lowest BCUT2D eigenvalue weighted by atomic mass is 9.94. The Bertz CT molecular complexity index is 6550. The maximum absolute atomic E-state index is 14.0. The quantitative estimate of drug-likeness (QED) is 0.0189. The fourth-order valence-corrected chi connectivity index (χ4v) is 18.2. The molecule has 4 fully saturated rings. The molecule has 16 rings (SSSR count). The van der Waals surface area contributed by atoms with E-state index in [4.69, 9.17) is 24.7 Å². The van der Waals surface area contributed by atoms with Crippen LogP contribution < -0.4 is 64.9 Å². The zero-order chi connectivity index (χ0) is 103. The summed E-state index contributed by atoms with van der Waals surface area (Å²) in [6.45, 7) is 6.70. The van der Waals surface area contributed by atoms with Crippen LogP contribution in [0.1, 0.15) is 55.6 Å². The molecule has 10 N–H and O–H groups in total. The highest BCUT2D eigenvalue weighted by atomic mass is 32.1. The highest BCUT2D eigenvalue weighted by Crippen LogP contribution is 2.38. The van der Waals surface area contributed by atoms with Crippen LogP contribution in [0.15, 0.2) is 233 Å². The van der Waals surface area contributed by atoms with E-state index in [1.807, 2.05) is 95.9 Å². The van der Waals surface area contributed by atoms with E-state index in [1.165, 1.54) is 52.7 Å². The summed E-state index contributed by atoms with van der Waals surface area (Å²) in [4.78, 5) is 110. The normalized spacial score (nSPS) is 17.9. The number of hydrogen-bond donors (Lipinski definition) is 9. The van der Waals surface area contributed by atoms with Crippen molar-refractivity contribution in [3.63, 3.8) is 0 Å². The number of pyridine rings is 1. The third kappa shape index (κ3) is 28.3. The molecule has 43 heteroatoms. The van der Waals surface area contributed by atoms with Crippen LogP contribution in [0.3, 0.4) is 0 Å². The molecular formula is C101H106F11N19O12S. The molecule has 31 nitrogen and oxygen atoms in total. The van der Waals surface area contributed by atoms with Crippen molar-refractivity contribution >= 4 is 64.3 Å². The van der Waals surface area contributed by atoms with Crippen molar-refractivity contribution in [2.45, 2.75) is 60.6 Å². The average molecular weight is 2020 g/mol. The third-order valence-electron chi connectivity index (χ3n) is 24.6. The minimum absolute atomic E-state index is 0.0279. The summed E-state index contributed by atoms with van der Waals surface area (Å²) in [5.74, 6) is -9.44. The molecule has 8 atom stereocenters. The molecule has 0 saturated carbocycles. The van der Waals surface area contributed by atoms with Gasteiger partial charge < -0.3 is 71.8 Å². The van der Waals surface area contributed by atoms with E-state index >= 15 is 0 Å². The first-order valence-corrected chi connectivity index (χ1v) is 46.3. The van der Waals surface area contributed by atoms with Gasteiger partial charge in [0.15, 0.2) is 46.5 Å². The van der Waals surface area contributed by atoms with Crippen LogP contribution in [0.5, 0.6) is 0 Å². The molecule has 0 radical (unpaired) electrons. The standard InChI is InChI=1S/C26H26F5N5O3.C26H28F2N4O3.C25H27F2N5O3.C24H25F2N5O3S/c1-39-10-9-35-13-18(17-7-8-19(27)20(28)11-17)22(14-35)33-25(38)32-21-12-23(37)36(15-26(29,30)31)34-24(21)16-5-3-2-4-6-16;1-31-11-10-22(24(25(31)33)17-6-4-3-5-7-17)29-26(34)30-23-16-32(12-13-35-2)15-19(23)18-8-9-20(27)21(28)14-18;1-31-23(33)13-21(24(30-31)16-6-4-3-5-7-16)28-25(34)29-22-15-32(10-11-35-2)14-18(22)17-8-9-19(26)20(27)12-17;1-34-10-9-31-12-16(15-7-8-17(25)18(26)11-15)19(13-31)28-24(33)29-21-20(14-5-3-2-4-6-14)30-35-22(21)23(27)32/h2-8,11-12,18,22H,9-10,13-15H2,1H3,(H2,32,33,38);3-11,14,19,23H,12-13,15-16H2,1-2H3,(H2,29,30,34);3-9,12-13,18,22H,10-11,14-15H2,1-2H3,(H2,28,29,34);2-8,11,16,19H,9-10,12-13H2,1H3,(H2,27,32)(H2,28,29,33)/t18-,22+;19-,23+;18-,22+;16-,19+/m0000/s1. The lowest BCUT2D eigenvalue weighted by Gasteiger charge is -2.21. The molecule has 4 aliphatic rings. The number of aromatic nitrogens is 6. The van der Waals surface area contributed by atoms with E-state index < -0.39 is 113 Å². The average Bonchev–Trinajstić information content (AvgIpc) is 1.48. The van der Waals surface area contributed by atoms with Crippen molar-refractivity contribution in [3.05, 3.63) is 323 Å². The number of methoxy groups -OCH3 is 4. The van der Waals surface area contributed by atoms with Gasteiger partial charge in [0.25, 0.3) is 22.6 Å². The number of ether oxygens (including phenoxy) is 4. The molecular weight excluding hydrogens is 1910 g/mol. The van der Waals surface area contributed by atoms with Gasteiger partial charge in [0, 0.05) is 180 Å². The molecule has 12 aromatic rings. The SMILES string of the molecule is COCCN1C[C@@H](NC(=O)Nc2c(-c3ccccc3)nsc2C(N)=O)[C@H](c2ccc(F)c(F)c2)C1.COCCN1C[C@@H](NC(=O)Nc2cc(=O)n(C)nc2-c2ccccc2)[C@H](c2ccc(F)c(F)c2)C1.COCCN1C[C@@H](NC(=O)Nc2cc(=O)n(CC(F)(F)F)nc2-c2ccccc2)[C@H](c2ccc(F)c(F)c2)C1.COCCN1C[C@@H](NC(=O)Nc2ccn(C)c(=O)c2-c2ccccc2)[C@H](c2ccc(F)c(F)c2)C1. The summed E-state index contributed by atoms with van der Waals surface area (Å²) in [5.41, 5.74) is 10.7. The van der Waals surface area contributed by atoms with E-state index in [2.05, 4.69) is 71.8 Å². The minimum Gasteiger partial charge on any atom is -0.383 e. The van der Waals surface area contributed by atoms with Crippen molar-refractivity contribution in [2.75, 3.05) is 155 Å². The number of halogens is 11. The second-order valence-electron chi connectivity index (χ2n) is 34.4. The number of hydrogen-bond acceptors (Lipinski definition) is 20. The summed E-state index contributed by atoms with van der Waals surface area (Å²) in [5, 5.41) is 30.7. The number of alkyl halides is 3. The minimum atomic E-state index is -4.68. The Hall–Kier alpha value is -14.4. The Balaban J connectivity index is 0.000000161. The zero-order valence-electron chi connectivity index (χ0n) is 78.9. The molecule has 0 spiro atoms. The maximum atomic E-state index is 14.0. The number of primary amides is 1. The predicted molar refractivity (Wildman–Crippen MR) is 522 cm³/mol. The smallest absolute Gasteiger partial charge is 0.383 e. The first-order chi connectivity index (χ1) is 69.1. The van der Waals surface area contributed by atoms with Crippen molar-refractivity contribution in [1.29, 1.82) is 0 Å². The molecule has 4 aliphatic heterocycles. The van der Waals surface area contributed by atoms with Gasteiger partial charge in [-0.15, -0.1) is 0 Å². The van der Waals surface area contributed by atoms with Crippen LogP contribution in [0, 0.1) is 46.5 Å². The second kappa shape index (κ2) is 50.0. The molecule has 0 bridgehead atoms. The topological polar surface area (TPSA) is 362 Å². The Kier molecular flexibility index (Phi) is 37.1. The van der Waals surface area contributed by atoms with E-state index in [0.29, 0.717) is 161 Å². The van der Waals surface area contributed by atoms with Gasteiger partial charge in [0.05, 0.1) is 78.9 Å².